The minimum absolute atomic E-state index is 0.934. The van der Waals surface area contributed by atoms with E-state index >= 15 is 0 Å². The third-order valence-corrected chi connectivity index (χ3v) is 4.15. The summed E-state index contributed by atoms with van der Waals surface area (Å²) in [4.78, 5) is 0. The standard InChI is InChI=1S/C13H21N4S/c1-17(9-5-6-10-17)8-4-2-3-7-11-18-13-12-14-16-15-13/h2-4,7,12H,5-6,8-11H2,1H3,(H,14,15,16)/q+1. The number of likely N-dealkylation sites (N-methyl/N-ethyl adjacent to an activating group) is 1. The fourth-order valence-electron chi connectivity index (χ4n) is 2.20. The van der Waals surface area contributed by atoms with Crippen molar-refractivity contribution in [2.45, 2.75) is 17.9 Å². The molecule has 0 aromatic carbocycles. The summed E-state index contributed by atoms with van der Waals surface area (Å²) in [5.74, 6) is 0.934. The smallest absolute Gasteiger partial charge is 0.138 e. The quantitative estimate of drug-likeness (QED) is 0.487. The second-order valence-electron chi connectivity index (χ2n) is 4.93. The Morgan fingerprint density at radius 1 is 1.33 bits per heavy atom. The zero-order valence-electron chi connectivity index (χ0n) is 10.9. The summed E-state index contributed by atoms with van der Waals surface area (Å²) >= 11 is 1.68. The maximum atomic E-state index is 3.98. The molecule has 5 heteroatoms. The van der Waals surface area contributed by atoms with Crippen LogP contribution in [-0.4, -0.2) is 52.3 Å². The molecule has 0 unspecified atom stereocenters. The first-order valence-corrected chi connectivity index (χ1v) is 7.41. The van der Waals surface area contributed by atoms with Crippen LogP contribution in [0.15, 0.2) is 35.5 Å². The third-order valence-electron chi connectivity index (χ3n) is 3.30. The van der Waals surface area contributed by atoms with E-state index in [0.29, 0.717) is 0 Å². The Morgan fingerprint density at radius 2 is 2.11 bits per heavy atom. The molecule has 2 rings (SSSR count). The van der Waals surface area contributed by atoms with E-state index in [0.717, 1.165) is 17.3 Å². The highest BCUT2D eigenvalue weighted by Gasteiger charge is 2.24. The molecule has 0 atom stereocenters. The molecule has 1 aliphatic rings. The number of thioether (sulfide) groups is 1. The van der Waals surface area contributed by atoms with Crippen LogP contribution in [0, 0.1) is 0 Å². The lowest BCUT2D eigenvalue weighted by Gasteiger charge is -2.27. The molecule has 4 nitrogen and oxygen atoms in total. The summed E-state index contributed by atoms with van der Waals surface area (Å²) in [5.41, 5.74) is 0. The van der Waals surface area contributed by atoms with E-state index in [1.54, 1.807) is 18.0 Å². The van der Waals surface area contributed by atoms with Gasteiger partial charge in [0.25, 0.3) is 0 Å². The van der Waals surface area contributed by atoms with Gasteiger partial charge in [-0.15, -0.1) is 5.10 Å². The number of aromatic amines is 1. The number of likely N-dealkylation sites (tertiary alicyclic amines) is 1. The van der Waals surface area contributed by atoms with Crippen molar-refractivity contribution in [2.75, 3.05) is 32.4 Å². The summed E-state index contributed by atoms with van der Waals surface area (Å²) in [6, 6.07) is 0. The highest BCUT2D eigenvalue weighted by Crippen LogP contribution is 2.15. The molecule has 1 aliphatic heterocycles. The minimum atomic E-state index is 0.934. The van der Waals surface area contributed by atoms with Crippen molar-refractivity contribution in [3.8, 4) is 0 Å². The van der Waals surface area contributed by atoms with Crippen LogP contribution in [0.3, 0.4) is 0 Å². The van der Waals surface area contributed by atoms with Gasteiger partial charge in [0.1, 0.15) is 5.03 Å². The van der Waals surface area contributed by atoms with Gasteiger partial charge in [0, 0.05) is 18.6 Å². The Hall–Kier alpha value is -1.07. The zero-order valence-corrected chi connectivity index (χ0v) is 11.7. The molecule has 0 amide bonds. The Kier molecular flexibility index (Phi) is 5.01. The van der Waals surface area contributed by atoms with Crippen LogP contribution in [-0.2, 0) is 0 Å². The molecule has 1 aromatic rings. The molecule has 0 aliphatic carbocycles. The number of H-pyrrole nitrogens is 1. The first kappa shape index (κ1) is 13.4. The van der Waals surface area contributed by atoms with Gasteiger partial charge in [-0.2, -0.15) is 10.3 Å². The molecule has 18 heavy (non-hydrogen) atoms. The highest BCUT2D eigenvalue weighted by atomic mass is 32.2. The van der Waals surface area contributed by atoms with Gasteiger partial charge in [-0.3, -0.25) is 0 Å². The van der Waals surface area contributed by atoms with E-state index in [4.69, 9.17) is 0 Å². The zero-order chi connectivity index (χ0) is 12.7. The van der Waals surface area contributed by atoms with Gasteiger partial charge in [-0.05, 0) is 6.08 Å². The predicted octanol–water partition coefficient (Wildman–Crippen LogP) is 2.25. The molecular weight excluding hydrogens is 244 g/mol. The SMILES string of the molecule is C[N+]1(CC=CC=CCSc2cn[nH]n2)CCCC1. The van der Waals surface area contributed by atoms with Crippen molar-refractivity contribution in [2.24, 2.45) is 0 Å². The second-order valence-corrected chi connectivity index (χ2v) is 5.97. The lowest BCUT2D eigenvalue weighted by molar-refractivity contribution is -0.891. The average molecular weight is 265 g/mol. The number of allylic oxidation sites excluding steroid dienone is 2. The monoisotopic (exact) mass is 265 g/mol. The van der Waals surface area contributed by atoms with E-state index in [1.165, 1.54) is 30.4 Å². The van der Waals surface area contributed by atoms with Crippen LogP contribution >= 0.6 is 11.8 Å². The molecular formula is C13H21N4S+. The first-order chi connectivity index (χ1) is 8.79. The lowest BCUT2D eigenvalue weighted by Crippen LogP contribution is -2.40. The van der Waals surface area contributed by atoms with Crippen LogP contribution in [0.4, 0.5) is 0 Å². The fraction of sp³-hybridized carbons (Fsp3) is 0.538. The highest BCUT2D eigenvalue weighted by molar-refractivity contribution is 7.99. The third kappa shape index (κ3) is 4.31. The van der Waals surface area contributed by atoms with Gasteiger partial charge >= 0.3 is 0 Å². The molecule has 1 N–H and O–H groups in total. The number of nitrogens with one attached hydrogen (secondary N) is 1. The van der Waals surface area contributed by atoms with Crippen molar-refractivity contribution in [3.63, 3.8) is 0 Å². The van der Waals surface area contributed by atoms with Crippen molar-refractivity contribution in [1.82, 2.24) is 15.4 Å². The minimum Gasteiger partial charge on any atom is -0.323 e. The van der Waals surface area contributed by atoms with Crippen LogP contribution in [0.2, 0.25) is 0 Å². The Bertz CT molecular complexity index is 391. The van der Waals surface area contributed by atoms with E-state index < -0.39 is 0 Å². The number of nitrogens with zero attached hydrogens (tertiary/aromatic N) is 3. The summed E-state index contributed by atoms with van der Waals surface area (Å²) in [6.45, 7) is 3.81. The van der Waals surface area contributed by atoms with Gasteiger partial charge in [-0.1, -0.05) is 30.0 Å². The molecule has 0 radical (unpaired) electrons. The van der Waals surface area contributed by atoms with Gasteiger partial charge in [0.05, 0.1) is 32.9 Å². The Balaban J connectivity index is 1.62. The van der Waals surface area contributed by atoms with E-state index in [9.17, 15) is 0 Å². The molecule has 1 saturated heterocycles. The normalized spacial score (nSPS) is 19.2. The fourth-order valence-corrected chi connectivity index (χ4v) is 2.81. The molecule has 98 valence electrons. The summed E-state index contributed by atoms with van der Waals surface area (Å²) < 4.78 is 1.21. The van der Waals surface area contributed by atoms with E-state index in [-0.39, 0.29) is 0 Å². The number of hydrogen-bond donors (Lipinski definition) is 1. The number of hydrogen-bond acceptors (Lipinski definition) is 3. The van der Waals surface area contributed by atoms with Crippen molar-refractivity contribution in [3.05, 3.63) is 30.5 Å². The van der Waals surface area contributed by atoms with Gasteiger partial charge < -0.3 is 4.48 Å². The molecule has 0 saturated carbocycles. The summed E-state index contributed by atoms with van der Waals surface area (Å²) in [5, 5.41) is 11.3. The molecule has 0 spiro atoms. The summed E-state index contributed by atoms with van der Waals surface area (Å²) in [6.07, 6.45) is 13.2. The maximum absolute atomic E-state index is 3.98. The molecule has 2 heterocycles. The van der Waals surface area contributed by atoms with Gasteiger partial charge in [-0.25, -0.2) is 0 Å². The first-order valence-electron chi connectivity index (χ1n) is 6.42. The molecule has 0 bridgehead atoms. The lowest BCUT2D eigenvalue weighted by atomic mass is 10.4. The van der Waals surface area contributed by atoms with Crippen LogP contribution in [0.1, 0.15) is 12.8 Å². The molecule has 1 aromatic heterocycles. The number of rotatable bonds is 6. The Morgan fingerprint density at radius 3 is 2.83 bits per heavy atom. The van der Waals surface area contributed by atoms with Crippen LogP contribution in [0.25, 0.3) is 0 Å². The molecule has 1 fully saturated rings. The van der Waals surface area contributed by atoms with Gasteiger partial charge in [0.2, 0.25) is 0 Å². The number of quaternary nitrogens is 1. The van der Waals surface area contributed by atoms with Crippen molar-refractivity contribution < 1.29 is 4.48 Å². The number of aromatic nitrogens is 3. The van der Waals surface area contributed by atoms with Gasteiger partial charge in [0.15, 0.2) is 0 Å². The predicted molar refractivity (Wildman–Crippen MR) is 75.4 cm³/mol. The van der Waals surface area contributed by atoms with Crippen LogP contribution < -0.4 is 0 Å². The van der Waals surface area contributed by atoms with Crippen molar-refractivity contribution >= 4 is 11.8 Å². The van der Waals surface area contributed by atoms with E-state index in [1.807, 2.05) is 0 Å². The van der Waals surface area contributed by atoms with E-state index in [2.05, 4.69) is 46.8 Å². The summed E-state index contributed by atoms with van der Waals surface area (Å²) in [7, 11) is 2.35. The Labute approximate surface area is 113 Å². The topological polar surface area (TPSA) is 41.6 Å². The van der Waals surface area contributed by atoms with Crippen molar-refractivity contribution in [1.29, 1.82) is 0 Å². The average Bonchev–Trinajstić information content (AvgIpc) is 3.00. The van der Waals surface area contributed by atoms with Crippen LogP contribution in [0.5, 0.6) is 0 Å². The second kappa shape index (κ2) is 6.75. The maximum Gasteiger partial charge on any atom is 0.138 e. The largest absolute Gasteiger partial charge is 0.323 e.